The molecule has 5 heteroatoms. The Morgan fingerprint density at radius 1 is 1.50 bits per heavy atom. The highest BCUT2D eigenvalue weighted by Crippen LogP contribution is 2.12. The summed E-state index contributed by atoms with van der Waals surface area (Å²) in [6.45, 7) is 4.39. The molecule has 4 nitrogen and oxygen atoms in total. The zero-order valence-electron chi connectivity index (χ0n) is 11.9. The van der Waals surface area contributed by atoms with Crippen LogP contribution in [-0.4, -0.2) is 31.6 Å². The highest BCUT2D eigenvalue weighted by atomic mass is 35.5. The van der Waals surface area contributed by atoms with E-state index >= 15 is 0 Å². The standard InChI is InChI=1S/C15H22N2O2.ClH/c1-12-4-2-6-14(10-12)19-9-7-15(18)17-13-5-3-8-16-11-13;/h2,4,6,10,13,16H,3,5,7-9,11H2,1H3,(H,17,18);1H/t13-;/m0./s1. The first-order valence-corrected chi connectivity index (χ1v) is 6.93. The zero-order valence-corrected chi connectivity index (χ0v) is 12.7. The van der Waals surface area contributed by atoms with Crippen LogP contribution in [0.4, 0.5) is 0 Å². The lowest BCUT2D eigenvalue weighted by atomic mass is 10.1. The van der Waals surface area contributed by atoms with Crippen molar-refractivity contribution in [3.8, 4) is 5.75 Å². The van der Waals surface area contributed by atoms with Gasteiger partial charge in [0.1, 0.15) is 5.75 Å². The Balaban J connectivity index is 0.00000200. The molecule has 1 fully saturated rings. The highest BCUT2D eigenvalue weighted by Gasteiger charge is 2.14. The molecule has 2 rings (SSSR count). The van der Waals surface area contributed by atoms with E-state index in [0.717, 1.165) is 37.2 Å². The third kappa shape index (κ3) is 5.80. The number of carbonyl (C=O) groups is 1. The van der Waals surface area contributed by atoms with Crippen LogP contribution in [0.2, 0.25) is 0 Å². The summed E-state index contributed by atoms with van der Waals surface area (Å²) in [6.07, 6.45) is 2.60. The summed E-state index contributed by atoms with van der Waals surface area (Å²) < 4.78 is 5.57. The lowest BCUT2D eigenvalue weighted by Gasteiger charge is -2.23. The summed E-state index contributed by atoms with van der Waals surface area (Å²) in [5.74, 6) is 0.897. The SMILES string of the molecule is Cc1cccc(OCCC(=O)N[C@H]2CCCNC2)c1.Cl. The number of benzene rings is 1. The Hall–Kier alpha value is -1.26. The van der Waals surface area contributed by atoms with Gasteiger partial charge in [0, 0.05) is 12.6 Å². The third-order valence-electron chi connectivity index (χ3n) is 3.25. The molecule has 112 valence electrons. The molecule has 0 radical (unpaired) electrons. The van der Waals surface area contributed by atoms with Crippen LogP contribution >= 0.6 is 12.4 Å². The van der Waals surface area contributed by atoms with E-state index in [1.807, 2.05) is 31.2 Å². The molecule has 1 aliphatic heterocycles. The molecule has 20 heavy (non-hydrogen) atoms. The van der Waals surface area contributed by atoms with Gasteiger partial charge in [0.25, 0.3) is 0 Å². The second-order valence-electron chi connectivity index (χ2n) is 5.03. The Bertz CT molecular complexity index is 420. The number of amides is 1. The average Bonchev–Trinajstić information content (AvgIpc) is 2.40. The number of hydrogen-bond acceptors (Lipinski definition) is 3. The molecule has 1 aromatic carbocycles. The van der Waals surface area contributed by atoms with Crippen LogP contribution in [0.1, 0.15) is 24.8 Å². The van der Waals surface area contributed by atoms with Gasteiger partial charge in [-0.1, -0.05) is 12.1 Å². The van der Waals surface area contributed by atoms with Gasteiger partial charge in [0.05, 0.1) is 13.0 Å². The van der Waals surface area contributed by atoms with Crippen molar-refractivity contribution in [3.63, 3.8) is 0 Å². The van der Waals surface area contributed by atoms with Gasteiger partial charge in [-0.15, -0.1) is 12.4 Å². The summed E-state index contributed by atoms with van der Waals surface area (Å²) in [5.41, 5.74) is 1.16. The Kier molecular flexibility index (Phi) is 7.41. The van der Waals surface area contributed by atoms with Gasteiger partial charge in [-0.25, -0.2) is 0 Å². The number of aryl methyl sites for hydroxylation is 1. The summed E-state index contributed by atoms with van der Waals surface area (Å²) in [5, 5.41) is 6.32. The fourth-order valence-electron chi connectivity index (χ4n) is 2.24. The number of nitrogens with one attached hydrogen (secondary N) is 2. The molecule has 2 N–H and O–H groups in total. The first kappa shape index (κ1) is 16.8. The van der Waals surface area contributed by atoms with Gasteiger partial charge in [0.15, 0.2) is 0 Å². The third-order valence-corrected chi connectivity index (χ3v) is 3.25. The summed E-state index contributed by atoms with van der Waals surface area (Å²) in [6, 6.07) is 8.15. The van der Waals surface area contributed by atoms with E-state index in [2.05, 4.69) is 10.6 Å². The van der Waals surface area contributed by atoms with E-state index in [1.165, 1.54) is 0 Å². The van der Waals surface area contributed by atoms with Crippen molar-refractivity contribution in [3.05, 3.63) is 29.8 Å². The van der Waals surface area contributed by atoms with Crippen molar-refractivity contribution in [2.45, 2.75) is 32.2 Å². The van der Waals surface area contributed by atoms with Crippen LogP contribution in [0.3, 0.4) is 0 Å². The van der Waals surface area contributed by atoms with Crippen molar-refractivity contribution in [2.24, 2.45) is 0 Å². The van der Waals surface area contributed by atoms with Gasteiger partial charge in [-0.2, -0.15) is 0 Å². The Morgan fingerprint density at radius 2 is 2.35 bits per heavy atom. The lowest BCUT2D eigenvalue weighted by molar-refractivity contribution is -0.122. The van der Waals surface area contributed by atoms with Gasteiger partial charge in [0.2, 0.25) is 5.91 Å². The van der Waals surface area contributed by atoms with E-state index in [4.69, 9.17) is 4.74 Å². The normalized spacial score (nSPS) is 17.9. The fraction of sp³-hybridized carbons (Fsp3) is 0.533. The minimum Gasteiger partial charge on any atom is -0.493 e. The van der Waals surface area contributed by atoms with Gasteiger partial charge in [-0.05, 0) is 44.0 Å². The summed E-state index contributed by atoms with van der Waals surface area (Å²) in [7, 11) is 0. The summed E-state index contributed by atoms with van der Waals surface area (Å²) >= 11 is 0. The molecule has 0 bridgehead atoms. The summed E-state index contributed by atoms with van der Waals surface area (Å²) in [4.78, 5) is 11.7. The van der Waals surface area contributed by atoms with Crippen molar-refractivity contribution < 1.29 is 9.53 Å². The van der Waals surface area contributed by atoms with Crippen molar-refractivity contribution in [2.75, 3.05) is 19.7 Å². The van der Waals surface area contributed by atoms with Crippen LogP contribution in [0.5, 0.6) is 5.75 Å². The smallest absolute Gasteiger partial charge is 0.223 e. The van der Waals surface area contributed by atoms with Crippen molar-refractivity contribution >= 4 is 18.3 Å². The maximum absolute atomic E-state index is 11.7. The molecule has 1 aliphatic rings. The molecule has 0 spiro atoms. The number of hydrogen-bond donors (Lipinski definition) is 2. The van der Waals surface area contributed by atoms with E-state index < -0.39 is 0 Å². The number of halogens is 1. The van der Waals surface area contributed by atoms with Gasteiger partial charge < -0.3 is 15.4 Å². The second kappa shape index (κ2) is 8.82. The minimum absolute atomic E-state index is 0. The molecule has 0 aliphatic carbocycles. The first-order chi connectivity index (χ1) is 9.24. The average molecular weight is 299 g/mol. The highest BCUT2D eigenvalue weighted by molar-refractivity contribution is 5.85. The molecule has 0 saturated carbocycles. The van der Waals surface area contributed by atoms with Gasteiger partial charge in [-0.3, -0.25) is 4.79 Å². The van der Waals surface area contributed by atoms with Crippen LogP contribution in [0.25, 0.3) is 0 Å². The number of ether oxygens (including phenoxy) is 1. The van der Waals surface area contributed by atoms with Gasteiger partial charge >= 0.3 is 0 Å². The molecular weight excluding hydrogens is 276 g/mol. The monoisotopic (exact) mass is 298 g/mol. The molecule has 0 aromatic heterocycles. The number of rotatable bonds is 5. The number of carbonyl (C=O) groups excluding carboxylic acids is 1. The molecule has 1 heterocycles. The van der Waals surface area contributed by atoms with Crippen LogP contribution in [0.15, 0.2) is 24.3 Å². The van der Waals surface area contributed by atoms with E-state index in [1.54, 1.807) is 0 Å². The maximum atomic E-state index is 11.7. The van der Waals surface area contributed by atoms with Crippen molar-refractivity contribution in [1.82, 2.24) is 10.6 Å². The molecule has 1 aromatic rings. The predicted octanol–water partition coefficient (Wildman–Crippen LogP) is 2.05. The second-order valence-corrected chi connectivity index (χ2v) is 5.03. The first-order valence-electron chi connectivity index (χ1n) is 6.93. The van der Waals surface area contributed by atoms with E-state index in [-0.39, 0.29) is 24.4 Å². The van der Waals surface area contributed by atoms with Crippen LogP contribution < -0.4 is 15.4 Å². The molecule has 0 unspecified atom stereocenters. The Labute approximate surface area is 126 Å². The Morgan fingerprint density at radius 3 is 3.05 bits per heavy atom. The quantitative estimate of drug-likeness (QED) is 0.875. The van der Waals surface area contributed by atoms with Crippen LogP contribution in [0, 0.1) is 6.92 Å². The fourth-order valence-corrected chi connectivity index (χ4v) is 2.24. The van der Waals surface area contributed by atoms with E-state index in [0.29, 0.717) is 13.0 Å². The van der Waals surface area contributed by atoms with Crippen LogP contribution in [-0.2, 0) is 4.79 Å². The topological polar surface area (TPSA) is 50.4 Å². The molecule has 1 atom stereocenters. The van der Waals surface area contributed by atoms with Crippen molar-refractivity contribution in [1.29, 1.82) is 0 Å². The maximum Gasteiger partial charge on any atom is 0.223 e. The lowest BCUT2D eigenvalue weighted by Crippen LogP contribution is -2.45. The van der Waals surface area contributed by atoms with E-state index in [9.17, 15) is 4.79 Å². The molecular formula is C15H23ClN2O2. The number of piperidine rings is 1. The molecule has 1 saturated heterocycles. The minimum atomic E-state index is 0. The zero-order chi connectivity index (χ0) is 13.5. The molecule has 1 amide bonds. The predicted molar refractivity (Wildman–Crippen MR) is 82.6 cm³/mol. The largest absolute Gasteiger partial charge is 0.493 e.